The van der Waals surface area contributed by atoms with Crippen LogP contribution < -0.4 is 14.8 Å². The SMILES string of the molecule is COC(=O)C1=C(C)NC2=C(C(=O)CCC2)[C@H]1c1ccc(OC)c(COc2ccc(C)cc2)c1. The van der Waals surface area contributed by atoms with Crippen LogP contribution in [-0.2, 0) is 20.9 Å². The van der Waals surface area contributed by atoms with E-state index in [4.69, 9.17) is 14.2 Å². The molecule has 0 unspecified atom stereocenters. The molecule has 172 valence electrons. The molecule has 2 aliphatic rings. The number of nitrogens with one attached hydrogen (secondary N) is 1. The fraction of sp³-hybridized carbons (Fsp3) is 0.333. The highest BCUT2D eigenvalue weighted by molar-refractivity contribution is 6.03. The third kappa shape index (κ3) is 4.51. The van der Waals surface area contributed by atoms with E-state index in [1.807, 2.05) is 56.3 Å². The molecule has 0 aromatic heterocycles. The van der Waals surface area contributed by atoms with Gasteiger partial charge in [-0.2, -0.15) is 0 Å². The van der Waals surface area contributed by atoms with Crippen molar-refractivity contribution < 1.29 is 23.8 Å². The predicted octanol–water partition coefficient (Wildman–Crippen LogP) is 4.72. The molecule has 33 heavy (non-hydrogen) atoms. The van der Waals surface area contributed by atoms with Crippen LogP contribution in [0.3, 0.4) is 0 Å². The Hall–Kier alpha value is -3.54. The number of rotatable bonds is 6. The van der Waals surface area contributed by atoms with Crippen molar-refractivity contribution in [3.8, 4) is 11.5 Å². The fourth-order valence-electron chi connectivity index (χ4n) is 4.58. The first-order valence-corrected chi connectivity index (χ1v) is 11.1. The lowest BCUT2D eigenvalue weighted by molar-refractivity contribution is -0.136. The largest absolute Gasteiger partial charge is 0.496 e. The summed E-state index contributed by atoms with van der Waals surface area (Å²) >= 11 is 0. The first-order chi connectivity index (χ1) is 15.9. The molecule has 1 heterocycles. The molecule has 1 aliphatic heterocycles. The normalized spacial score (nSPS) is 17.9. The van der Waals surface area contributed by atoms with Gasteiger partial charge in [0.25, 0.3) is 0 Å². The minimum absolute atomic E-state index is 0.0657. The number of carbonyl (C=O) groups is 2. The summed E-state index contributed by atoms with van der Waals surface area (Å²) in [6.45, 7) is 4.17. The molecule has 1 aliphatic carbocycles. The smallest absolute Gasteiger partial charge is 0.336 e. The molecule has 6 nitrogen and oxygen atoms in total. The average molecular weight is 448 g/mol. The summed E-state index contributed by atoms with van der Waals surface area (Å²) in [5.74, 6) is 0.572. The first-order valence-electron chi connectivity index (χ1n) is 11.1. The number of aryl methyl sites for hydroxylation is 1. The van der Waals surface area contributed by atoms with Crippen LogP contribution >= 0.6 is 0 Å². The van der Waals surface area contributed by atoms with Crippen molar-refractivity contribution in [3.05, 3.63) is 81.7 Å². The molecule has 2 aromatic rings. The zero-order valence-electron chi connectivity index (χ0n) is 19.5. The van der Waals surface area contributed by atoms with E-state index in [1.165, 1.54) is 7.11 Å². The minimum atomic E-state index is -0.495. The molecule has 4 rings (SSSR count). The topological polar surface area (TPSA) is 73.9 Å². The van der Waals surface area contributed by atoms with Crippen LogP contribution in [0.1, 0.15) is 48.8 Å². The number of hydrogen-bond donors (Lipinski definition) is 1. The number of ether oxygens (including phenoxy) is 3. The van der Waals surface area contributed by atoms with Crippen LogP contribution in [0, 0.1) is 6.92 Å². The van der Waals surface area contributed by atoms with Gasteiger partial charge in [-0.3, -0.25) is 4.79 Å². The summed E-state index contributed by atoms with van der Waals surface area (Å²) in [7, 11) is 2.98. The third-order valence-electron chi connectivity index (χ3n) is 6.23. The molecular formula is C27H29NO5. The van der Waals surface area contributed by atoms with Gasteiger partial charge in [0, 0.05) is 34.9 Å². The molecule has 0 spiro atoms. The number of benzene rings is 2. The van der Waals surface area contributed by atoms with E-state index in [0.29, 0.717) is 35.6 Å². The highest BCUT2D eigenvalue weighted by Crippen LogP contribution is 2.43. The molecular weight excluding hydrogens is 418 g/mol. The highest BCUT2D eigenvalue weighted by atomic mass is 16.5. The predicted molar refractivity (Wildman–Crippen MR) is 125 cm³/mol. The van der Waals surface area contributed by atoms with Gasteiger partial charge in [-0.15, -0.1) is 0 Å². The Labute approximate surface area is 194 Å². The van der Waals surface area contributed by atoms with Crippen LogP contribution in [0.25, 0.3) is 0 Å². The first kappa shape index (κ1) is 22.6. The fourth-order valence-corrected chi connectivity index (χ4v) is 4.58. The van der Waals surface area contributed by atoms with Crippen LogP contribution in [0.2, 0.25) is 0 Å². The van der Waals surface area contributed by atoms with Gasteiger partial charge in [0.2, 0.25) is 0 Å². The van der Waals surface area contributed by atoms with Crippen LogP contribution in [-0.4, -0.2) is 26.0 Å². The van der Waals surface area contributed by atoms with Gasteiger partial charge in [0.1, 0.15) is 18.1 Å². The molecule has 0 saturated carbocycles. The molecule has 1 atom stereocenters. The zero-order chi connectivity index (χ0) is 23.5. The molecule has 0 bridgehead atoms. The van der Waals surface area contributed by atoms with Gasteiger partial charge in [-0.1, -0.05) is 23.8 Å². The van der Waals surface area contributed by atoms with Gasteiger partial charge in [-0.25, -0.2) is 4.79 Å². The number of carbonyl (C=O) groups excluding carboxylic acids is 2. The molecule has 6 heteroatoms. The standard InChI is InChI=1S/C27H29NO5/c1-16-8-11-20(12-9-16)33-15-19-14-18(10-13-23(19)31-3)25-24(27(30)32-4)17(2)28-21-6-5-7-22(29)26(21)25/h8-14,25,28H,5-7,15H2,1-4H3/t25-/m0/s1. The monoisotopic (exact) mass is 447 g/mol. The van der Waals surface area contributed by atoms with Gasteiger partial charge in [-0.05, 0) is 56.5 Å². The second kappa shape index (κ2) is 9.53. The number of allylic oxidation sites excluding steroid dienone is 3. The molecule has 0 saturated heterocycles. The number of esters is 1. The Balaban J connectivity index is 1.75. The maximum absolute atomic E-state index is 13.0. The van der Waals surface area contributed by atoms with Gasteiger partial charge in [0.15, 0.2) is 5.78 Å². The minimum Gasteiger partial charge on any atom is -0.496 e. The van der Waals surface area contributed by atoms with Crippen LogP contribution in [0.15, 0.2) is 65.0 Å². The average Bonchev–Trinajstić information content (AvgIpc) is 2.82. The lowest BCUT2D eigenvalue weighted by Gasteiger charge is -2.34. The van der Waals surface area contributed by atoms with Gasteiger partial charge < -0.3 is 19.5 Å². The van der Waals surface area contributed by atoms with Crippen molar-refractivity contribution in [2.45, 2.75) is 45.6 Å². The van der Waals surface area contributed by atoms with Crippen LogP contribution in [0.5, 0.6) is 11.5 Å². The number of hydrogen-bond acceptors (Lipinski definition) is 6. The van der Waals surface area contributed by atoms with Crippen molar-refractivity contribution >= 4 is 11.8 Å². The van der Waals surface area contributed by atoms with E-state index >= 15 is 0 Å². The van der Waals surface area contributed by atoms with Crippen molar-refractivity contribution in [3.63, 3.8) is 0 Å². The summed E-state index contributed by atoms with van der Waals surface area (Å²) < 4.78 is 16.7. The lowest BCUT2D eigenvalue weighted by Crippen LogP contribution is -2.34. The second-order valence-electron chi connectivity index (χ2n) is 8.43. The van der Waals surface area contributed by atoms with E-state index < -0.39 is 11.9 Å². The summed E-state index contributed by atoms with van der Waals surface area (Å²) in [5, 5.41) is 3.29. The van der Waals surface area contributed by atoms with E-state index in [0.717, 1.165) is 41.0 Å². The van der Waals surface area contributed by atoms with Crippen molar-refractivity contribution in [1.29, 1.82) is 0 Å². The second-order valence-corrected chi connectivity index (χ2v) is 8.43. The van der Waals surface area contributed by atoms with Crippen molar-refractivity contribution in [2.24, 2.45) is 0 Å². The van der Waals surface area contributed by atoms with E-state index in [-0.39, 0.29) is 5.78 Å². The Morgan fingerprint density at radius 2 is 1.82 bits per heavy atom. The Kier molecular flexibility index (Phi) is 6.54. The van der Waals surface area contributed by atoms with E-state index in [1.54, 1.807) is 7.11 Å². The summed E-state index contributed by atoms with van der Waals surface area (Å²) in [6.07, 6.45) is 2.06. The zero-order valence-corrected chi connectivity index (χ0v) is 19.5. The highest BCUT2D eigenvalue weighted by Gasteiger charge is 2.39. The summed E-state index contributed by atoms with van der Waals surface area (Å²) in [5.41, 5.74) is 5.56. The number of methoxy groups -OCH3 is 2. The van der Waals surface area contributed by atoms with Gasteiger partial charge in [0.05, 0.1) is 19.8 Å². The van der Waals surface area contributed by atoms with E-state index in [9.17, 15) is 9.59 Å². The molecule has 2 aromatic carbocycles. The quantitative estimate of drug-likeness (QED) is 0.646. The maximum Gasteiger partial charge on any atom is 0.336 e. The molecule has 0 fully saturated rings. The number of Topliss-reactive ketones (excluding diaryl/α,β-unsaturated/α-hetero) is 1. The number of ketones is 1. The third-order valence-corrected chi connectivity index (χ3v) is 6.23. The maximum atomic E-state index is 13.0. The lowest BCUT2D eigenvalue weighted by atomic mass is 9.75. The molecule has 0 amide bonds. The Morgan fingerprint density at radius 1 is 1.06 bits per heavy atom. The molecule has 0 radical (unpaired) electrons. The number of dihydropyridines is 1. The Morgan fingerprint density at radius 3 is 2.52 bits per heavy atom. The van der Waals surface area contributed by atoms with Crippen molar-refractivity contribution in [1.82, 2.24) is 5.32 Å². The Bertz CT molecular complexity index is 1140. The van der Waals surface area contributed by atoms with E-state index in [2.05, 4.69) is 5.32 Å². The van der Waals surface area contributed by atoms with Crippen LogP contribution in [0.4, 0.5) is 0 Å². The molecule has 1 N–H and O–H groups in total. The summed E-state index contributed by atoms with van der Waals surface area (Å²) in [4.78, 5) is 25.8. The van der Waals surface area contributed by atoms with Crippen molar-refractivity contribution in [2.75, 3.05) is 14.2 Å². The summed E-state index contributed by atoms with van der Waals surface area (Å²) in [6, 6.07) is 13.6. The van der Waals surface area contributed by atoms with Gasteiger partial charge >= 0.3 is 5.97 Å².